The first-order chi connectivity index (χ1) is 13.2. The summed E-state index contributed by atoms with van der Waals surface area (Å²) in [5.41, 5.74) is 2.76. The number of nitrogens with one attached hydrogen (secondary N) is 1. The van der Waals surface area contributed by atoms with Crippen LogP contribution in [-0.4, -0.2) is 20.7 Å². The van der Waals surface area contributed by atoms with Crippen LogP contribution in [0.1, 0.15) is 15.2 Å². The first-order valence-corrected chi connectivity index (χ1v) is 9.48. The number of pyridine rings is 1. The summed E-state index contributed by atoms with van der Waals surface area (Å²) < 4.78 is 2.41. The average molecular weight is 395 g/mol. The minimum absolute atomic E-state index is 0.194. The van der Waals surface area contributed by atoms with E-state index in [1.807, 2.05) is 54.6 Å². The van der Waals surface area contributed by atoms with Gasteiger partial charge in [-0.1, -0.05) is 29.8 Å². The lowest BCUT2D eigenvalue weighted by Gasteiger charge is -2.04. The fraction of sp³-hybridized carbons (Fsp3) is 0.0500. The van der Waals surface area contributed by atoms with Crippen LogP contribution in [0.5, 0.6) is 0 Å². The number of aromatic nitrogens is 3. The molecule has 4 aromatic rings. The van der Waals surface area contributed by atoms with Crippen LogP contribution >= 0.6 is 22.9 Å². The van der Waals surface area contributed by atoms with Crippen molar-refractivity contribution in [2.45, 2.75) is 6.54 Å². The Kier molecular flexibility index (Phi) is 5.00. The molecular weight excluding hydrogens is 380 g/mol. The number of carbonyl (C=O) groups is 1. The van der Waals surface area contributed by atoms with Gasteiger partial charge in [-0.2, -0.15) is 5.10 Å². The van der Waals surface area contributed by atoms with Gasteiger partial charge in [-0.3, -0.25) is 9.78 Å². The monoisotopic (exact) mass is 394 g/mol. The molecule has 0 saturated carbocycles. The fourth-order valence-electron chi connectivity index (χ4n) is 2.68. The molecule has 0 unspecified atom stereocenters. The van der Waals surface area contributed by atoms with E-state index < -0.39 is 0 Å². The SMILES string of the molecule is O=C(NCc1ccc(Cl)s1)c1cn(-c2ccccc2)nc1-c1cccnc1. The Hall–Kier alpha value is -2.96. The summed E-state index contributed by atoms with van der Waals surface area (Å²) in [4.78, 5) is 18.0. The number of benzene rings is 1. The van der Waals surface area contributed by atoms with Gasteiger partial charge in [0.25, 0.3) is 5.91 Å². The van der Waals surface area contributed by atoms with Crippen LogP contribution in [0.25, 0.3) is 16.9 Å². The van der Waals surface area contributed by atoms with Gasteiger partial charge in [-0.25, -0.2) is 4.68 Å². The highest BCUT2D eigenvalue weighted by atomic mass is 35.5. The van der Waals surface area contributed by atoms with Crippen molar-refractivity contribution >= 4 is 28.8 Å². The third-order valence-electron chi connectivity index (χ3n) is 3.97. The van der Waals surface area contributed by atoms with Crippen LogP contribution in [0.2, 0.25) is 4.34 Å². The number of thiophene rings is 1. The Morgan fingerprint density at radius 2 is 1.96 bits per heavy atom. The van der Waals surface area contributed by atoms with Crippen LogP contribution in [-0.2, 0) is 6.54 Å². The van der Waals surface area contributed by atoms with E-state index in [9.17, 15) is 4.79 Å². The summed E-state index contributed by atoms with van der Waals surface area (Å²) in [5.74, 6) is -0.194. The Balaban J connectivity index is 1.67. The normalized spacial score (nSPS) is 10.7. The number of hydrogen-bond acceptors (Lipinski definition) is 4. The number of nitrogens with zero attached hydrogens (tertiary/aromatic N) is 3. The first-order valence-electron chi connectivity index (χ1n) is 8.28. The van der Waals surface area contributed by atoms with E-state index in [1.54, 1.807) is 23.3 Å². The van der Waals surface area contributed by atoms with Crippen molar-refractivity contribution in [1.82, 2.24) is 20.1 Å². The molecule has 0 aliphatic heterocycles. The molecule has 0 atom stereocenters. The minimum atomic E-state index is -0.194. The smallest absolute Gasteiger partial charge is 0.255 e. The van der Waals surface area contributed by atoms with Crippen molar-refractivity contribution in [3.63, 3.8) is 0 Å². The van der Waals surface area contributed by atoms with E-state index >= 15 is 0 Å². The minimum Gasteiger partial charge on any atom is -0.347 e. The second-order valence-electron chi connectivity index (χ2n) is 5.80. The van der Waals surface area contributed by atoms with Gasteiger partial charge in [0.05, 0.1) is 22.1 Å². The standard InChI is InChI=1S/C20H15ClN4OS/c21-18-9-8-16(27-18)12-23-20(26)17-13-25(15-6-2-1-3-7-15)24-19(17)14-5-4-10-22-11-14/h1-11,13H,12H2,(H,23,26). The molecule has 1 amide bonds. The second-order valence-corrected chi connectivity index (χ2v) is 7.60. The maximum Gasteiger partial charge on any atom is 0.255 e. The molecule has 0 bridgehead atoms. The Labute approximate surface area is 165 Å². The van der Waals surface area contributed by atoms with Gasteiger partial charge < -0.3 is 5.32 Å². The van der Waals surface area contributed by atoms with Gasteiger partial charge >= 0.3 is 0 Å². The molecule has 5 nitrogen and oxygen atoms in total. The lowest BCUT2D eigenvalue weighted by atomic mass is 10.1. The lowest BCUT2D eigenvalue weighted by molar-refractivity contribution is 0.0952. The van der Waals surface area contributed by atoms with Crippen LogP contribution in [0, 0.1) is 0 Å². The molecule has 1 N–H and O–H groups in total. The summed E-state index contributed by atoms with van der Waals surface area (Å²) in [6, 6.07) is 17.1. The molecule has 134 valence electrons. The maximum absolute atomic E-state index is 12.9. The predicted molar refractivity (Wildman–Crippen MR) is 107 cm³/mol. The molecule has 0 fully saturated rings. The molecule has 0 aliphatic carbocycles. The van der Waals surface area contributed by atoms with Gasteiger partial charge in [0.15, 0.2) is 0 Å². The quantitative estimate of drug-likeness (QED) is 0.539. The fourth-order valence-corrected chi connectivity index (χ4v) is 3.71. The van der Waals surface area contributed by atoms with Gasteiger partial charge in [0.2, 0.25) is 0 Å². The maximum atomic E-state index is 12.9. The molecule has 3 aromatic heterocycles. The number of hydrogen-bond donors (Lipinski definition) is 1. The summed E-state index contributed by atoms with van der Waals surface area (Å²) in [7, 11) is 0. The lowest BCUT2D eigenvalue weighted by Crippen LogP contribution is -2.22. The zero-order valence-electron chi connectivity index (χ0n) is 14.2. The highest BCUT2D eigenvalue weighted by Crippen LogP contribution is 2.24. The Bertz CT molecular complexity index is 1060. The van der Waals surface area contributed by atoms with Crippen molar-refractivity contribution in [1.29, 1.82) is 0 Å². The van der Waals surface area contributed by atoms with Crippen molar-refractivity contribution in [3.05, 3.63) is 88.0 Å². The highest BCUT2D eigenvalue weighted by Gasteiger charge is 2.18. The van der Waals surface area contributed by atoms with E-state index in [0.29, 0.717) is 22.1 Å². The van der Waals surface area contributed by atoms with Crippen LogP contribution in [0.4, 0.5) is 0 Å². The summed E-state index contributed by atoms with van der Waals surface area (Å²) >= 11 is 7.40. The van der Waals surface area contributed by atoms with E-state index in [4.69, 9.17) is 11.6 Å². The predicted octanol–water partition coefficient (Wildman–Crippen LogP) is 4.58. The zero-order valence-corrected chi connectivity index (χ0v) is 15.7. The molecule has 1 aromatic carbocycles. The highest BCUT2D eigenvalue weighted by molar-refractivity contribution is 7.16. The van der Waals surface area contributed by atoms with Gasteiger partial charge in [0.1, 0.15) is 5.69 Å². The number of rotatable bonds is 5. The molecule has 0 spiro atoms. The van der Waals surface area contributed by atoms with Crippen LogP contribution in [0.15, 0.2) is 73.2 Å². The second kappa shape index (κ2) is 7.73. The van der Waals surface area contributed by atoms with E-state index in [1.165, 1.54) is 11.3 Å². The van der Waals surface area contributed by atoms with Gasteiger partial charge in [0, 0.05) is 29.0 Å². The van der Waals surface area contributed by atoms with Gasteiger partial charge in [-0.15, -0.1) is 11.3 Å². The topological polar surface area (TPSA) is 59.8 Å². The molecule has 0 aliphatic rings. The zero-order chi connectivity index (χ0) is 18.6. The molecule has 4 rings (SSSR count). The van der Waals surface area contributed by atoms with Gasteiger partial charge in [-0.05, 0) is 36.4 Å². The number of amides is 1. The van der Waals surface area contributed by atoms with Crippen LogP contribution < -0.4 is 5.32 Å². The summed E-state index contributed by atoms with van der Waals surface area (Å²) in [5, 5.41) is 7.57. The summed E-state index contributed by atoms with van der Waals surface area (Å²) in [6.07, 6.45) is 5.14. The third-order valence-corrected chi connectivity index (χ3v) is 5.20. The molecule has 27 heavy (non-hydrogen) atoms. The Morgan fingerprint density at radius 1 is 1.11 bits per heavy atom. The first kappa shape index (κ1) is 17.5. The van der Waals surface area contributed by atoms with Crippen molar-refractivity contribution < 1.29 is 4.79 Å². The molecule has 7 heteroatoms. The number of carbonyl (C=O) groups excluding carboxylic acids is 1. The van der Waals surface area contributed by atoms with E-state index in [0.717, 1.165) is 16.1 Å². The molecule has 0 saturated heterocycles. The average Bonchev–Trinajstić information content (AvgIpc) is 3.34. The molecular formula is C20H15ClN4OS. The number of para-hydroxylation sites is 1. The third kappa shape index (κ3) is 3.92. The number of halogens is 1. The van der Waals surface area contributed by atoms with Crippen LogP contribution in [0.3, 0.4) is 0 Å². The Morgan fingerprint density at radius 3 is 2.67 bits per heavy atom. The summed E-state index contributed by atoms with van der Waals surface area (Å²) in [6.45, 7) is 0.416. The largest absolute Gasteiger partial charge is 0.347 e. The van der Waals surface area contributed by atoms with E-state index in [2.05, 4.69) is 15.4 Å². The van der Waals surface area contributed by atoms with Crippen molar-refractivity contribution in [3.8, 4) is 16.9 Å². The van der Waals surface area contributed by atoms with Crippen molar-refractivity contribution in [2.24, 2.45) is 0 Å². The van der Waals surface area contributed by atoms with Crippen molar-refractivity contribution in [2.75, 3.05) is 0 Å². The van der Waals surface area contributed by atoms with E-state index in [-0.39, 0.29) is 5.91 Å². The molecule has 3 heterocycles. The molecule has 0 radical (unpaired) electrons.